The van der Waals surface area contributed by atoms with Gasteiger partial charge in [-0.2, -0.15) is 15.3 Å². The van der Waals surface area contributed by atoms with E-state index in [1.54, 1.807) is 0 Å². The number of hydrogen-bond donors (Lipinski definition) is 3. The van der Waals surface area contributed by atoms with Crippen molar-refractivity contribution in [3.63, 3.8) is 0 Å². The molecule has 0 fully saturated rings. The minimum Gasteiger partial charge on any atom is -0.272 e. The van der Waals surface area contributed by atoms with Gasteiger partial charge in [0.2, 0.25) is 0 Å². The number of aromatic nitrogens is 4. The zero-order valence-electron chi connectivity index (χ0n) is 9.95. The molecule has 0 saturated carbocycles. The number of hydrazone groups is 1. The van der Waals surface area contributed by atoms with Crippen LogP contribution in [-0.2, 0) is 0 Å². The highest BCUT2D eigenvalue weighted by atomic mass is 32.1. The molecule has 3 N–H and O–H groups in total. The SMILES string of the molecule is O=C(N/N=C/c1cccs1)c1n[nH]c(=O)c2[nH]ncc12. The standard InChI is InChI=1S/C11H8N6O2S/c18-10(16-12-4-6-2-1-3-20-6)9-7-5-13-14-8(7)11(19)17-15-9/h1-5H,(H,13,14)(H,16,18)(H,17,19)/b12-4+. The van der Waals surface area contributed by atoms with Gasteiger partial charge in [-0.15, -0.1) is 11.3 Å². The van der Waals surface area contributed by atoms with Crippen LogP contribution in [0.2, 0.25) is 0 Å². The predicted octanol–water partition coefficient (Wildman–Crippen LogP) is 0.472. The van der Waals surface area contributed by atoms with Crippen molar-refractivity contribution in [1.82, 2.24) is 25.8 Å². The van der Waals surface area contributed by atoms with E-state index in [-0.39, 0.29) is 11.2 Å². The van der Waals surface area contributed by atoms with Gasteiger partial charge in [0.25, 0.3) is 11.5 Å². The molecule has 3 heterocycles. The Hall–Kier alpha value is -2.81. The van der Waals surface area contributed by atoms with Crippen molar-refractivity contribution in [2.45, 2.75) is 0 Å². The first kappa shape index (κ1) is 12.2. The third-order valence-corrected chi connectivity index (χ3v) is 3.31. The molecule has 9 heteroatoms. The van der Waals surface area contributed by atoms with E-state index in [2.05, 4.69) is 30.9 Å². The van der Waals surface area contributed by atoms with Crippen LogP contribution in [0.15, 0.2) is 33.6 Å². The maximum absolute atomic E-state index is 11.9. The molecule has 0 unspecified atom stereocenters. The van der Waals surface area contributed by atoms with Gasteiger partial charge >= 0.3 is 0 Å². The molecular weight excluding hydrogens is 280 g/mol. The Bertz CT molecular complexity index is 832. The van der Waals surface area contributed by atoms with E-state index in [0.717, 1.165) is 4.88 Å². The van der Waals surface area contributed by atoms with E-state index in [1.165, 1.54) is 23.7 Å². The first-order valence-electron chi connectivity index (χ1n) is 5.54. The Morgan fingerprint density at radius 3 is 3.15 bits per heavy atom. The van der Waals surface area contributed by atoms with Gasteiger partial charge < -0.3 is 0 Å². The Kier molecular flexibility index (Phi) is 3.09. The number of fused-ring (bicyclic) bond motifs is 1. The number of nitrogens with zero attached hydrogens (tertiary/aromatic N) is 3. The van der Waals surface area contributed by atoms with Crippen molar-refractivity contribution in [1.29, 1.82) is 0 Å². The van der Waals surface area contributed by atoms with Crippen molar-refractivity contribution in [3.05, 3.63) is 44.6 Å². The smallest absolute Gasteiger partial charge is 0.272 e. The molecule has 0 radical (unpaired) electrons. The molecule has 0 atom stereocenters. The molecule has 0 aliphatic heterocycles. The van der Waals surface area contributed by atoms with Crippen LogP contribution in [0.1, 0.15) is 15.4 Å². The number of H-pyrrole nitrogens is 2. The average molecular weight is 288 g/mol. The van der Waals surface area contributed by atoms with Gasteiger partial charge in [0.1, 0.15) is 5.52 Å². The van der Waals surface area contributed by atoms with Crippen molar-refractivity contribution in [3.8, 4) is 0 Å². The molecule has 8 nitrogen and oxygen atoms in total. The maximum Gasteiger partial charge on any atom is 0.292 e. The summed E-state index contributed by atoms with van der Waals surface area (Å²) in [6.45, 7) is 0. The van der Waals surface area contributed by atoms with Crippen LogP contribution in [0.25, 0.3) is 10.9 Å². The third kappa shape index (κ3) is 2.21. The van der Waals surface area contributed by atoms with Crippen molar-refractivity contribution in [2.75, 3.05) is 0 Å². The van der Waals surface area contributed by atoms with Gasteiger partial charge in [-0.3, -0.25) is 14.7 Å². The van der Waals surface area contributed by atoms with Gasteiger partial charge in [0.05, 0.1) is 17.8 Å². The summed E-state index contributed by atoms with van der Waals surface area (Å²) < 4.78 is 0. The monoisotopic (exact) mass is 288 g/mol. The Labute approximate surface area is 115 Å². The normalized spacial score (nSPS) is 11.2. The fraction of sp³-hybridized carbons (Fsp3) is 0. The van der Waals surface area contributed by atoms with Crippen molar-refractivity contribution in [2.24, 2.45) is 5.10 Å². The molecule has 0 saturated heterocycles. The number of aromatic amines is 2. The van der Waals surface area contributed by atoms with E-state index < -0.39 is 11.5 Å². The summed E-state index contributed by atoms with van der Waals surface area (Å²) in [5.41, 5.74) is 2.17. The highest BCUT2D eigenvalue weighted by molar-refractivity contribution is 7.11. The second kappa shape index (κ2) is 5.05. The average Bonchev–Trinajstić information content (AvgIpc) is 3.09. The van der Waals surface area contributed by atoms with Gasteiger partial charge in [-0.25, -0.2) is 10.5 Å². The first-order valence-corrected chi connectivity index (χ1v) is 6.42. The van der Waals surface area contributed by atoms with Crippen LogP contribution >= 0.6 is 11.3 Å². The third-order valence-electron chi connectivity index (χ3n) is 2.51. The maximum atomic E-state index is 11.9. The lowest BCUT2D eigenvalue weighted by atomic mass is 10.2. The van der Waals surface area contributed by atoms with E-state index in [1.807, 2.05) is 17.5 Å². The van der Waals surface area contributed by atoms with Crippen LogP contribution in [0.5, 0.6) is 0 Å². The van der Waals surface area contributed by atoms with Crippen LogP contribution in [-0.4, -0.2) is 32.5 Å². The second-order valence-electron chi connectivity index (χ2n) is 3.77. The fourth-order valence-corrected chi connectivity index (χ4v) is 2.19. The minimum absolute atomic E-state index is 0.0525. The van der Waals surface area contributed by atoms with Crippen molar-refractivity contribution >= 4 is 34.4 Å². The summed E-state index contributed by atoms with van der Waals surface area (Å²) in [5, 5.41) is 18.3. The number of carbonyl (C=O) groups excluding carboxylic acids is 1. The number of nitrogens with one attached hydrogen (secondary N) is 3. The lowest BCUT2D eigenvalue weighted by molar-refractivity contribution is 0.0951. The molecule has 0 spiro atoms. The van der Waals surface area contributed by atoms with E-state index in [4.69, 9.17) is 0 Å². The van der Waals surface area contributed by atoms with Crippen LogP contribution < -0.4 is 11.0 Å². The number of rotatable bonds is 3. The minimum atomic E-state index is -0.527. The number of amides is 1. The lowest BCUT2D eigenvalue weighted by Crippen LogP contribution is -2.22. The molecule has 100 valence electrons. The highest BCUT2D eigenvalue weighted by Crippen LogP contribution is 2.09. The summed E-state index contributed by atoms with van der Waals surface area (Å²) in [5.74, 6) is -0.527. The molecule has 0 aromatic carbocycles. The molecule has 20 heavy (non-hydrogen) atoms. The molecule has 0 aliphatic carbocycles. The first-order chi connectivity index (χ1) is 9.75. The zero-order valence-corrected chi connectivity index (χ0v) is 10.8. The molecule has 0 aliphatic rings. The molecule has 3 aromatic rings. The quantitative estimate of drug-likeness (QED) is 0.480. The molecule has 3 aromatic heterocycles. The Balaban J connectivity index is 1.84. The summed E-state index contributed by atoms with van der Waals surface area (Å²) in [6.07, 6.45) is 2.90. The number of thiophene rings is 1. The number of hydrogen-bond acceptors (Lipinski definition) is 6. The predicted molar refractivity (Wildman–Crippen MR) is 73.9 cm³/mol. The summed E-state index contributed by atoms with van der Waals surface area (Å²) >= 11 is 1.50. The largest absolute Gasteiger partial charge is 0.292 e. The van der Waals surface area contributed by atoms with E-state index >= 15 is 0 Å². The zero-order chi connectivity index (χ0) is 13.9. The topological polar surface area (TPSA) is 116 Å². The lowest BCUT2D eigenvalue weighted by Gasteiger charge is -1.99. The second-order valence-corrected chi connectivity index (χ2v) is 4.75. The van der Waals surface area contributed by atoms with Gasteiger partial charge in [-0.05, 0) is 11.4 Å². The molecule has 3 rings (SSSR count). The summed E-state index contributed by atoms with van der Waals surface area (Å²) in [4.78, 5) is 24.3. The molecule has 0 bridgehead atoms. The Morgan fingerprint density at radius 1 is 1.45 bits per heavy atom. The van der Waals surface area contributed by atoms with Gasteiger partial charge in [0, 0.05) is 4.88 Å². The van der Waals surface area contributed by atoms with Crippen LogP contribution in [0.4, 0.5) is 0 Å². The van der Waals surface area contributed by atoms with Crippen molar-refractivity contribution < 1.29 is 4.79 Å². The van der Waals surface area contributed by atoms with Crippen LogP contribution in [0, 0.1) is 0 Å². The number of carbonyl (C=O) groups is 1. The highest BCUT2D eigenvalue weighted by Gasteiger charge is 2.14. The van der Waals surface area contributed by atoms with E-state index in [9.17, 15) is 9.59 Å². The summed E-state index contributed by atoms with van der Waals surface area (Å²) in [7, 11) is 0. The molecule has 1 amide bonds. The fourth-order valence-electron chi connectivity index (χ4n) is 1.61. The van der Waals surface area contributed by atoms with Gasteiger partial charge in [-0.1, -0.05) is 6.07 Å². The van der Waals surface area contributed by atoms with Gasteiger partial charge in [0.15, 0.2) is 5.69 Å². The summed E-state index contributed by atoms with van der Waals surface area (Å²) in [6, 6.07) is 3.75. The Morgan fingerprint density at radius 2 is 2.35 bits per heavy atom. The van der Waals surface area contributed by atoms with E-state index in [0.29, 0.717) is 5.39 Å². The van der Waals surface area contributed by atoms with Crippen LogP contribution in [0.3, 0.4) is 0 Å². The molecular formula is C11H8N6O2S.